The van der Waals surface area contributed by atoms with Gasteiger partial charge in [-0.25, -0.2) is 4.98 Å². The zero-order valence-electron chi connectivity index (χ0n) is 9.52. The van der Waals surface area contributed by atoms with Crippen LogP contribution in [0.2, 0.25) is 0 Å². The van der Waals surface area contributed by atoms with Crippen molar-refractivity contribution in [2.75, 3.05) is 6.61 Å². The van der Waals surface area contributed by atoms with Crippen LogP contribution >= 0.6 is 27.5 Å². The molecule has 5 heteroatoms. The molecule has 0 aliphatic carbocycles. The van der Waals surface area contributed by atoms with Crippen molar-refractivity contribution in [1.82, 2.24) is 9.36 Å². The van der Waals surface area contributed by atoms with Crippen molar-refractivity contribution in [3.05, 3.63) is 29.0 Å². The minimum absolute atomic E-state index is 0.640. The van der Waals surface area contributed by atoms with E-state index in [4.69, 9.17) is 4.74 Å². The summed E-state index contributed by atoms with van der Waals surface area (Å²) in [6.07, 6.45) is 2.24. The van der Waals surface area contributed by atoms with E-state index >= 15 is 0 Å². The van der Waals surface area contributed by atoms with Crippen LogP contribution in [0, 0.1) is 0 Å². The molecule has 0 N–H and O–H groups in total. The van der Waals surface area contributed by atoms with Gasteiger partial charge in [-0.15, -0.1) is 0 Å². The fourth-order valence-electron chi connectivity index (χ4n) is 1.35. The summed E-state index contributed by atoms with van der Waals surface area (Å²) in [6.45, 7) is 2.93. The highest BCUT2D eigenvalue weighted by molar-refractivity contribution is 9.10. The Morgan fingerprint density at radius 2 is 2.06 bits per heavy atom. The molecule has 0 atom stereocenters. The highest BCUT2D eigenvalue weighted by Gasteiger charge is 2.04. The van der Waals surface area contributed by atoms with E-state index in [0.717, 1.165) is 35.8 Å². The Balaban J connectivity index is 2.02. The Morgan fingerprint density at radius 1 is 1.29 bits per heavy atom. The van der Waals surface area contributed by atoms with Gasteiger partial charge in [0.25, 0.3) is 0 Å². The maximum absolute atomic E-state index is 5.60. The van der Waals surface area contributed by atoms with Crippen LogP contribution in [0.15, 0.2) is 29.0 Å². The van der Waals surface area contributed by atoms with E-state index in [1.54, 1.807) is 0 Å². The first kappa shape index (κ1) is 12.5. The second-order valence-corrected chi connectivity index (χ2v) is 5.06. The monoisotopic (exact) mass is 312 g/mol. The molecule has 1 aromatic heterocycles. The molecule has 1 heterocycles. The Hall–Kier alpha value is -0.940. The van der Waals surface area contributed by atoms with Crippen LogP contribution in [0.3, 0.4) is 0 Å². The highest BCUT2D eigenvalue weighted by atomic mass is 79.9. The average Bonchev–Trinajstić information content (AvgIpc) is 2.77. The van der Waals surface area contributed by atoms with E-state index in [9.17, 15) is 0 Å². The second-order valence-electron chi connectivity index (χ2n) is 3.59. The molecule has 0 radical (unpaired) electrons. The molecule has 2 aromatic rings. The molecule has 90 valence electrons. The summed E-state index contributed by atoms with van der Waals surface area (Å²) in [6, 6.07) is 7.96. The third kappa shape index (κ3) is 3.51. The first-order valence-corrected chi connectivity index (χ1v) is 7.08. The van der Waals surface area contributed by atoms with Crippen molar-refractivity contribution in [3.63, 3.8) is 0 Å². The van der Waals surface area contributed by atoms with Crippen molar-refractivity contribution in [3.8, 4) is 16.3 Å². The summed E-state index contributed by atoms with van der Waals surface area (Å²) in [5.41, 5.74) is 1.07. The predicted octanol–water partition coefficient (Wildman–Crippen LogP) is 4.15. The molecule has 0 aliphatic heterocycles. The van der Waals surface area contributed by atoms with Crippen LogP contribution in [0.4, 0.5) is 0 Å². The number of halogens is 1. The highest BCUT2D eigenvalue weighted by Crippen LogP contribution is 2.25. The third-order valence-corrected chi connectivity index (χ3v) is 3.62. The van der Waals surface area contributed by atoms with Gasteiger partial charge in [0.1, 0.15) is 10.8 Å². The van der Waals surface area contributed by atoms with Gasteiger partial charge in [0.05, 0.1) is 6.61 Å². The first-order chi connectivity index (χ1) is 8.29. The number of unbranched alkanes of at least 4 members (excludes halogenated alkanes) is 1. The van der Waals surface area contributed by atoms with Gasteiger partial charge in [-0.05, 0) is 58.1 Å². The lowest BCUT2D eigenvalue weighted by atomic mass is 10.2. The minimum Gasteiger partial charge on any atom is -0.494 e. The van der Waals surface area contributed by atoms with Gasteiger partial charge in [0.2, 0.25) is 4.73 Å². The summed E-state index contributed by atoms with van der Waals surface area (Å²) in [7, 11) is 0. The number of rotatable bonds is 5. The van der Waals surface area contributed by atoms with Gasteiger partial charge in [0, 0.05) is 5.56 Å². The maximum Gasteiger partial charge on any atom is 0.209 e. The van der Waals surface area contributed by atoms with Crippen molar-refractivity contribution in [2.24, 2.45) is 0 Å². The van der Waals surface area contributed by atoms with Crippen molar-refractivity contribution in [1.29, 1.82) is 0 Å². The Bertz CT molecular complexity index is 470. The third-order valence-electron chi connectivity index (χ3n) is 2.27. The van der Waals surface area contributed by atoms with E-state index in [0.29, 0.717) is 4.73 Å². The summed E-state index contributed by atoms with van der Waals surface area (Å²) < 4.78 is 10.3. The predicted molar refractivity (Wildman–Crippen MR) is 73.4 cm³/mol. The zero-order chi connectivity index (χ0) is 12.1. The molecule has 0 saturated heterocycles. The first-order valence-electron chi connectivity index (χ1n) is 5.52. The molecule has 1 aromatic carbocycles. The van der Waals surface area contributed by atoms with Crippen molar-refractivity contribution < 1.29 is 4.74 Å². The number of ether oxygens (including phenoxy) is 1. The molecule has 0 spiro atoms. The summed E-state index contributed by atoms with van der Waals surface area (Å²) in [5.74, 6) is 0.908. The normalized spacial score (nSPS) is 10.5. The van der Waals surface area contributed by atoms with Gasteiger partial charge in [-0.3, -0.25) is 0 Å². The van der Waals surface area contributed by atoms with E-state index in [2.05, 4.69) is 32.2 Å². The average molecular weight is 313 g/mol. The molecular weight excluding hydrogens is 300 g/mol. The largest absolute Gasteiger partial charge is 0.494 e. The maximum atomic E-state index is 5.60. The van der Waals surface area contributed by atoms with Crippen LogP contribution in [0.1, 0.15) is 19.8 Å². The van der Waals surface area contributed by atoms with Crippen molar-refractivity contribution >= 4 is 27.5 Å². The van der Waals surface area contributed by atoms with Crippen LogP contribution in [0.25, 0.3) is 10.6 Å². The topological polar surface area (TPSA) is 35.0 Å². The lowest BCUT2D eigenvalue weighted by Crippen LogP contribution is -1.95. The molecule has 0 amide bonds. The molecule has 2 rings (SSSR count). The van der Waals surface area contributed by atoms with Gasteiger partial charge in [-0.2, -0.15) is 4.37 Å². The Kier molecular flexibility index (Phi) is 4.50. The SMILES string of the molecule is CCCCOc1ccc(-c2nc(Br)ns2)cc1. The van der Waals surface area contributed by atoms with Gasteiger partial charge >= 0.3 is 0 Å². The summed E-state index contributed by atoms with van der Waals surface area (Å²) in [5, 5.41) is 0.914. The standard InChI is InChI=1S/C12H13BrN2OS/c1-2-3-8-16-10-6-4-9(5-7-10)11-14-12(13)15-17-11/h4-7H,2-3,8H2,1H3. The summed E-state index contributed by atoms with van der Waals surface area (Å²) in [4.78, 5) is 4.27. The van der Waals surface area contributed by atoms with Gasteiger partial charge in [0.15, 0.2) is 0 Å². The summed E-state index contributed by atoms with van der Waals surface area (Å²) >= 11 is 4.63. The van der Waals surface area contributed by atoms with E-state index < -0.39 is 0 Å². The number of hydrogen-bond acceptors (Lipinski definition) is 4. The van der Waals surface area contributed by atoms with Crippen LogP contribution < -0.4 is 4.74 Å². The Labute approximate surface area is 113 Å². The molecule has 0 fully saturated rings. The molecule has 0 bridgehead atoms. The molecule has 3 nitrogen and oxygen atoms in total. The fourth-order valence-corrected chi connectivity index (χ4v) is 2.43. The molecule has 0 unspecified atom stereocenters. The van der Waals surface area contributed by atoms with E-state index in [-0.39, 0.29) is 0 Å². The Morgan fingerprint density at radius 3 is 2.65 bits per heavy atom. The van der Waals surface area contributed by atoms with Crippen LogP contribution in [-0.2, 0) is 0 Å². The lowest BCUT2D eigenvalue weighted by molar-refractivity contribution is 0.309. The lowest BCUT2D eigenvalue weighted by Gasteiger charge is -2.05. The zero-order valence-corrected chi connectivity index (χ0v) is 11.9. The van der Waals surface area contributed by atoms with E-state index in [1.807, 2.05) is 24.3 Å². The van der Waals surface area contributed by atoms with Crippen molar-refractivity contribution in [2.45, 2.75) is 19.8 Å². The molecule has 0 saturated carbocycles. The van der Waals surface area contributed by atoms with Gasteiger partial charge < -0.3 is 4.74 Å². The quantitative estimate of drug-likeness (QED) is 0.778. The number of nitrogens with zero attached hydrogens (tertiary/aromatic N) is 2. The fraction of sp³-hybridized carbons (Fsp3) is 0.333. The number of aromatic nitrogens is 2. The number of hydrogen-bond donors (Lipinski definition) is 0. The molecule has 17 heavy (non-hydrogen) atoms. The number of benzene rings is 1. The second kappa shape index (κ2) is 6.12. The van der Waals surface area contributed by atoms with Crippen LogP contribution in [-0.4, -0.2) is 16.0 Å². The minimum atomic E-state index is 0.640. The smallest absolute Gasteiger partial charge is 0.209 e. The van der Waals surface area contributed by atoms with Gasteiger partial charge in [-0.1, -0.05) is 13.3 Å². The van der Waals surface area contributed by atoms with E-state index in [1.165, 1.54) is 11.5 Å². The molecule has 0 aliphatic rings. The van der Waals surface area contributed by atoms with Crippen LogP contribution in [0.5, 0.6) is 5.75 Å². The molecular formula is C12H13BrN2OS.